The second kappa shape index (κ2) is 6.80. The number of carboxylic acid groups (broad SMARTS) is 1. The van der Waals surface area contributed by atoms with E-state index in [4.69, 9.17) is 9.84 Å². The Hall–Kier alpha value is -2.22. The van der Waals surface area contributed by atoms with E-state index in [2.05, 4.69) is 4.98 Å². The van der Waals surface area contributed by atoms with Gasteiger partial charge in [-0.1, -0.05) is 0 Å². The number of carboxylic acids is 1. The molecule has 0 radical (unpaired) electrons. The van der Waals surface area contributed by atoms with Crippen molar-refractivity contribution in [1.82, 2.24) is 4.98 Å². The van der Waals surface area contributed by atoms with Crippen LogP contribution in [0.15, 0.2) is 12.3 Å². The van der Waals surface area contributed by atoms with Gasteiger partial charge in [0.25, 0.3) is 0 Å². The maximum absolute atomic E-state index is 11.1. The lowest BCUT2D eigenvalue weighted by atomic mass is 10.2. The Labute approximate surface area is 116 Å². The minimum Gasteiger partial charge on any atom is -0.477 e. The molecule has 0 aliphatic carbocycles. The first-order chi connectivity index (χ1) is 9.42. The fraction of sp³-hybridized carbons (Fsp3) is 0.500. The summed E-state index contributed by atoms with van der Waals surface area (Å²) in [6, 6.07) is 1.19. The number of aromatic carboxylic acids is 1. The van der Waals surface area contributed by atoms with Crippen LogP contribution in [-0.4, -0.2) is 47.3 Å². The lowest BCUT2D eigenvalue weighted by molar-refractivity contribution is -0.385. The van der Waals surface area contributed by atoms with E-state index in [0.29, 0.717) is 19.0 Å². The van der Waals surface area contributed by atoms with Crippen LogP contribution in [0.2, 0.25) is 0 Å². The molecular weight excluding hydrogens is 266 g/mol. The summed E-state index contributed by atoms with van der Waals surface area (Å²) >= 11 is 0. The maximum Gasteiger partial charge on any atom is 0.342 e. The maximum atomic E-state index is 11.1. The van der Waals surface area contributed by atoms with Gasteiger partial charge in [0.2, 0.25) is 0 Å². The number of hydrogen-bond acceptors (Lipinski definition) is 6. The lowest BCUT2D eigenvalue weighted by Gasteiger charge is -2.28. The Kier molecular flexibility index (Phi) is 5.39. The van der Waals surface area contributed by atoms with Crippen molar-refractivity contribution in [2.75, 3.05) is 25.2 Å². The zero-order chi connectivity index (χ0) is 15.3. The normalized spacial score (nSPS) is 11.9. The van der Waals surface area contributed by atoms with E-state index in [1.807, 2.05) is 18.7 Å². The number of aromatic nitrogens is 1. The molecule has 0 bridgehead atoms. The third-order valence-corrected chi connectivity index (χ3v) is 2.87. The fourth-order valence-electron chi connectivity index (χ4n) is 1.94. The molecule has 1 unspecified atom stereocenters. The van der Waals surface area contributed by atoms with Crippen LogP contribution in [0.3, 0.4) is 0 Å². The topological polar surface area (TPSA) is 106 Å². The molecule has 8 nitrogen and oxygen atoms in total. The van der Waals surface area contributed by atoms with Gasteiger partial charge in [-0.15, -0.1) is 0 Å². The number of hydrogen-bond donors (Lipinski definition) is 1. The smallest absolute Gasteiger partial charge is 0.342 e. The van der Waals surface area contributed by atoms with Gasteiger partial charge in [0.05, 0.1) is 17.6 Å². The summed E-state index contributed by atoms with van der Waals surface area (Å²) in [6.07, 6.45) is 0.973. The zero-order valence-corrected chi connectivity index (χ0v) is 11.6. The third kappa shape index (κ3) is 3.41. The first-order valence-corrected chi connectivity index (χ1v) is 6.05. The SMILES string of the molecule is CCN(c1cc(C(=O)O)c([N+](=O)[O-])cn1)C(C)COC. The highest BCUT2D eigenvalue weighted by atomic mass is 16.6. The summed E-state index contributed by atoms with van der Waals surface area (Å²) in [7, 11) is 1.57. The summed E-state index contributed by atoms with van der Waals surface area (Å²) in [6.45, 7) is 4.80. The Bertz CT molecular complexity index is 506. The second-order valence-electron chi connectivity index (χ2n) is 4.21. The summed E-state index contributed by atoms with van der Waals surface area (Å²) in [5, 5.41) is 19.8. The number of pyridine rings is 1. The van der Waals surface area contributed by atoms with Crippen LogP contribution in [0, 0.1) is 10.1 Å². The zero-order valence-electron chi connectivity index (χ0n) is 11.6. The number of likely N-dealkylation sites (N-methyl/N-ethyl adjacent to an activating group) is 1. The van der Waals surface area contributed by atoms with E-state index in [-0.39, 0.29) is 11.6 Å². The van der Waals surface area contributed by atoms with Gasteiger partial charge in [0, 0.05) is 19.7 Å². The van der Waals surface area contributed by atoms with E-state index in [9.17, 15) is 14.9 Å². The van der Waals surface area contributed by atoms with E-state index in [1.165, 1.54) is 6.07 Å². The van der Waals surface area contributed by atoms with Gasteiger partial charge >= 0.3 is 11.7 Å². The Morgan fingerprint density at radius 1 is 1.65 bits per heavy atom. The van der Waals surface area contributed by atoms with Gasteiger partial charge in [-0.2, -0.15) is 0 Å². The van der Waals surface area contributed by atoms with Crippen LogP contribution in [0.1, 0.15) is 24.2 Å². The number of ether oxygens (including phenoxy) is 1. The molecule has 1 heterocycles. The molecular formula is C12H17N3O5. The number of methoxy groups -OCH3 is 1. The van der Waals surface area contributed by atoms with E-state index >= 15 is 0 Å². The lowest BCUT2D eigenvalue weighted by Crippen LogP contribution is -2.36. The van der Waals surface area contributed by atoms with Crippen molar-refractivity contribution in [1.29, 1.82) is 0 Å². The van der Waals surface area contributed by atoms with Crippen LogP contribution in [0.5, 0.6) is 0 Å². The Morgan fingerprint density at radius 3 is 2.75 bits per heavy atom. The summed E-state index contributed by atoms with van der Waals surface area (Å²) in [5.74, 6) is -0.976. The average Bonchev–Trinajstić information content (AvgIpc) is 2.39. The fourth-order valence-corrected chi connectivity index (χ4v) is 1.94. The first-order valence-electron chi connectivity index (χ1n) is 6.05. The molecule has 0 aliphatic heterocycles. The van der Waals surface area contributed by atoms with Gasteiger partial charge in [-0.05, 0) is 13.8 Å². The number of nitro groups is 1. The van der Waals surface area contributed by atoms with E-state index < -0.39 is 16.6 Å². The van der Waals surface area contributed by atoms with Gasteiger partial charge in [0.1, 0.15) is 17.6 Å². The monoisotopic (exact) mass is 283 g/mol. The summed E-state index contributed by atoms with van der Waals surface area (Å²) in [4.78, 5) is 26.9. The largest absolute Gasteiger partial charge is 0.477 e. The molecule has 8 heteroatoms. The van der Waals surface area contributed by atoms with Crippen molar-refractivity contribution in [2.45, 2.75) is 19.9 Å². The molecule has 0 spiro atoms. The Balaban J connectivity index is 3.22. The minimum atomic E-state index is -1.35. The molecule has 1 aromatic rings. The third-order valence-electron chi connectivity index (χ3n) is 2.87. The van der Waals surface area contributed by atoms with Crippen LogP contribution >= 0.6 is 0 Å². The summed E-state index contributed by atoms with van der Waals surface area (Å²) < 4.78 is 5.05. The average molecular weight is 283 g/mol. The van der Waals surface area contributed by atoms with E-state index in [1.54, 1.807) is 7.11 Å². The molecule has 110 valence electrons. The van der Waals surface area contributed by atoms with Crippen LogP contribution in [0.4, 0.5) is 11.5 Å². The number of rotatable bonds is 7. The summed E-state index contributed by atoms with van der Waals surface area (Å²) in [5.41, 5.74) is -0.889. The van der Waals surface area contributed by atoms with Gasteiger partial charge in [-0.3, -0.25) is 10.1 Å². The molecule has 0 aromatic carbocycles. The van der Waals surface area contributed by atoms with Crippen LogP contribution < -0.4 is 4.90 Å². The predicted molar refractivity (Wildman–Crippen MR) is 72.2 cm³/mol. The van der Waals surface area contributed by atoms with Crippen LogP contribution in [-0.2, 0) is 4.74 Å². The molecule has 1 atom stereocenters. The number of anilines is 1. The van der Waals surface area contributed by atoms with Gasteiger partial charge in [-0.25, -0.2) is 9.78 Å². The standard InChI is InChI=1S/C12H17N3O5/c1-4-14(8(2)7-20-3)11-5-9(12(16)17)10(6-13-11)15(18)19/h5-6,8H,4,7H2,1-3H3,(H,16,17). The molecule has 0 fully saturated rings. The number of carbonyl (C=O) groups is 1. The highest BCUT2D eigenvalue weighted by Gasteiger charge is 2.23. The molecule has 1 aromatic heterocycles. The highest BCUT2D eigenvalue weighted by molar-refractivity contribution is 5.93. The van der Waals surface area contributed by atoms with Gasteiger partial charge < -0.3 is 14.7 Å². The molecule has 0 saturated heterocycles. The first kappa shape index (κ1) is 15.8. The Morgan fingerprint density at radius 2 is 2.30 bits per heavy atom. The van der Waals surface area contributed by atoms with Crippen molar-refractivity contribution >= 4 is 17.5 Å². The predicted octanol–water partition coefficient (Wildman–Crippen LogP) is 1.55. The van der Waals surface area contributed by atoms with Gasteiger partial charge in [0.15, 0.2) is 0 Å². The second-order valence-corrected chi connectivity index (χ2v) is 4.21. The van der Waals surface area contributed by atoms with Crippen LogP contribution in [0.25, 0.3) is 0 Å². The quantitative estimate of drug-likeness (QED) is 0.597. The van der Waals surface area contributed by atoms with Crippen molar-refractivity contribution in [3.63, 3.8) is 0 Å². The molecule has 0 aliphatic rings. The van der Waals surface area contributed by atoms with E-state index in [0.717, 1.165) is 6.20 Å². The molecule has 1 rings (SSSR count). The molecule has 20 heavy (non-hydrogen) atoms. The minimum absolute atomic E-state index is 0.0272. The molecule has 1 N–H and O–H groups in total. The molecule has 0 saturated carbocycles. The van der Waals surface area contributed by atoms with Crippen molar-refractivity contribution in [2.24, 2.45) is 0 Å². The van der Waals surface area contributed by atoms with Crippen molar-refractivity contribution < 1.29 is 19.6 Å². The van der Waals surface area contributed by atoms with Crippen molar-refractivity contribution in [3.05, 3.63) is 27.9 Å². The number of nitrogens with zero attached hydrogens (tertiary/aromatic N) is 3. The highest BCUT2D eigenvalue weighted by Crippen LogP contribution is 2.23. The molecule has 0 amide bonds. The van der Waals surface area contributed by atoms with Crippen molar-refractivity contribution in [3.8, 4) is 0 Å².